The molecule has 0 aliphatic carbocycles. The van der Waals surface area contributed by atoms with Crippen molar-refractivity contribution in [2.75, 3.05) is 30.9 Å². The van der Waals surface area contributed by atoms with E-state index in [1.165, 1.54) is 23.1 Å². The summed E-state index contributed by atoms with van der Waals surface area (Å²) >= 11 is 0. The highest BCUT2D eigenvalue weighted by molar-refractivity contribution is 7.90. The first-order valence-corrected chi connectivity index (χ1v) is 14.7. The Hall–Kier alpha value is -4.22. The minimum Gasteiger partial charge on any atom is -0.386 e. The Morgan fingerprint density at radius 2 is 1.67 bits per heavy atom. The normalized spacial score (nSPS) is 19.4. The highest BCUT2D eigenvalue weighted by Crippen LogP contribution is 2.28. The summed E-state index contributed by atoms with van der Waals surface area (Å²) in [6.45, 7) is -0.482. The maximum atomic E-state index is 14.6. The molecule has 2 heterocycles. The van der Waals surface area contributed by atoms with Gasteiger partial charge in [0.1, 0.15) is 28.7 Å². The molecule has 218 valence electrons. The largest absolute Gasteiger partial charge is 0.386 e. The summed E-state index contributed by atoms with van der Waals surface area (Å²) in [4.78, 5) is 27.7. The number of carbonyl (C=O) groups excluding carboxylic acids is 2. The average molecular weight is 598 g/mol. The zero-order chi connectivity index (χ0) is 30.2. The van der Waals surface area contributed by atoms with Gasteiger partial charge >= 0.3 is 0 Å². The number of benzene rings is 3. The van der Waals surface area contributed by atoms with E-state index in [-0.39, 0.29) is 48.7 Å². The van der Waals surface area contributed by atoms with Crippen LogP contribution in [0.25, 0.3) is 0 Å². The van der Waals surface area contributed by atoms with E-state index in [9.17, 15) is 31.9 Å². The summed E-state index contributed by atoms with van der Waals surface area (Å²) < 4.78 is 64.1. The number of fused-ring (bicyclic) bond motifs is 1. The number of nitrogens with zero attached hydrogens (tertiary/aromatic N) is 3. The molecule has 42 heavy (non-hydrogen) atoms. The minimum absolute atomic E-state index is 0.0756. The fourth-order valence-corrected chi connectivity index (χ4v) is 5.68. The van der Waals surface area contributed by atoms with Crippen LogP contribution in [0.2, 0.25) is 0 Å². The highest BCUT2D eigenvalue weighted by atomic mass is 32.2. The van der Waals surface area contributed by atoms with Crippen molar-refractivity contribution < 1.29 is 41.4 Å². The summed E-state index contributed by atoms with van der Waals surface area (Å²) in [5, 5.41) is 20.1. The second-order valence-electron chi connectivity index (χ2n) is 9.98. The number of imide groups is 1. The van der Waals surface area contributed by atoms with E-state index in [4.69, 9.17) is 14.7 Å². The van der Waals surface area contributed by atoms with Crippen LogP contribution in [0.4, 0.5) is 14.5 Å². The molecule has 1 N–H and O–H groups in total. The predicted octanol–water partition coefficient (Wildman–Crippen LogP) is 2.65. The molecule has 1 saturated heterocycles. The number of nitriles is 1. The molecule has 13 heteroatoms. The van der Waals surface area contributed by atoms with Gasteiger partial charge in [0, 0.05) is 25.0 Å². The molecule has 2 amide bonds. The van der Waals surface area contributed by atoms with Crippen molar-refractivity contribution in [1.82, 2.24) is 4.90 Å². The lowest BCUT2D eigenvalue weighted by Crippen LogP contribution is -2.53. The van der Waals surface area contributed by atoms with Crippen molar-refractivity contribution in [3.8, 4) is 6.07 Å². The van der Waals surface area contributed by atoms with Gasteiger partial charge in [0.25, 0.3) is 11.8 Å². The van der Waals surface area contributed by atoms with Gasteiger partial charge in [-0.05, 0) is 48.0 Å². The Labute approximate surface area is 240 Å². The zero-order valence-electron chi connectivity index (χ0n) is 22.2. The monoisotopic (exact) mass is 597 g/mol. The van der Waals surface area contributed by atoms with Gasteiger partial charge in [-0.3, -0.25) is 14.5 Å². The third kappa shape index (κ3) is 5.75. The number of hydrogen-bond acceptors (Lipinski definition) is 9. The molecule has 0 unspecified atom stereocenters. The van der Waals surface area contributed by atoms with E-state index in [0.717, 1.165) is 29.4 Å². The van der Waals surface area contributed by atoms with Crippen LogP contribution < -0.4 is 4.90 Å². The molecule has 1 atom stereocenters. The summed E-state index contributed by atoms with van der Waals surface area (Å²) in [6, 6.07) is 14.8. The van der Waals surface area contributed by atoms with Gasteiger partial charge in [-0.2, -0.15) is 5.26 Å². The van der Waals surface area contributed by atoms with E-state index in [2.05, 4.69) is 0 Å². The maximum absolute atomic E-state index is 14.6. The predicted molar refractivity (Wildman–Crippen MR) is 144 cm³/mol. The van der Waals surface area contributed by atoms with Gasteiger partial charge in [-0.1, -0.05) is 18.2 Å². The Kier molecular flexibility index (Phi) is 8.07. The van der Waals surface area contributed by atoms with E-state index >= 15 is 0 Å². The first-order valence-electron chi connectivity index (χ1n) is 12.8. The summed E-state index contributed by atoms with van der Waals surface area (Å²) in [6.07, 6.45) is -1.62. The van der Waals surface area contributed by atoms with Crippen molar-refractivity contribution in [2.45, 2.75) is 29.9 Å². The molecule has 5 rings (SSSR count). The second-order valence-corrected chi connectivity index (χ2v) is 12.0. The fraction of sp³-hybridized carbons (Fsp3) is 0.276. The SMILES string of the molecule is CS(=O)(=O)c1ccc(CN(C[C@H](O)C2OCC(N3C(=O)c4ccccc4C3=O)CO2)c2ccc(C#N)c(F)c2)cc1F. The third-order valence-corrected chi connectivity index (χ3v) is 8.16. The number of ether oxygens (including phenoxy) is 2. The van der Waals surface area contributed by atoms with Gasteiger partial charge < -0.3 is 19.5 Å². The first kappa shape index (κ1) is 29.3. The number of carbonyl (C=O) groups is 2. The minimum atomic E-state index is -3.80. The molecule has 3 aromatic carbocycles. The number of anilines is 1. The van der Waals surface area contributed by atoms with Crippen molar-refractivity contribution in [1.29, 1.82) is 5.26 Å². The number of aliphatic hydroxyl groups excluding tert-OH is 1. The molecule has 0 aromatic heterocycles. The number of sulfone groups is 1. The molecule has 10 nitrogen and oxygen atoms in total. The number of halogens is 2. The van der Waals surface area contributed by atoms with Crippen LogP contribution in [0, 0.1) is 23.0 Å². The van der Waals surface area contributed by atoms with E-state index in [1.54, 1.807) is 30.3 Å². The molecule has 1 fully saturated rings. The van der Waals surface area contributed by atoms with Crippen molar-refractivity contribution >= 4 is 27.3 Å². The molecule has 0 saturated carbocycles. The van der Waals surface area contributed by atoms with Gasteiger partial charge in [-0.15, -0.1) is 0 Å². The van der Waals surface area contributed by atoms with Gasteiger partial charge in [0.05, 0.1) is 35.9 Å². The van der Waals surface area contributed by atoms with Crippen LogP contribution in [0.15, 0.2) is 65.6 Å². The van der Waals surface area contributed by atoms with Crippen LogP contribution in [0.5, 0.6) is 0 Å². The number of aliphatic hydroxyl groups is 1. The second kappa shape index (κ2) is 11.6. The summed E-state index contributed by atoms with van der Waals surface area (Å²) in [5.74, 6) is -2.69. The third-order valence-electron chi connectivity index (χ3n) is 7.03. The van der Waals surface area contributed by atoms with Crippen LogP contribution in [0.1, 0.15) is 31.8 Å². The molecular weight excluding hydrogens is 572 g/mol. The number of hydrogen-bond donors (Lipinski definition) is 1. The zero-order valence-corrected chi connectivity index (χ0v) is 23.1. The lowest BCUT2D eigenvalue weighted by molar-refractivity contribution is -0.234. The Morgan fingerprint density at radius 3 is 2.21 bits per heavy atom. The molecule has 0 bridgehead atoms. The summed E-state index contributed by atoms with van der Waals surface area (Å²) in [7, 11) is -3.80. The van der Waals surface area contributed by atoms with Crippen molar-refractivity contribution in [2.24, 2.45) is 0 Å². The van der Waals surface area contributed by atoms with Gasteiger partial charge in [0.2, 0.25) is 0 Å². The van der Waals surface area contributed by atoms with Gasteiger partial charge in [0.15, 0.2) is 16.1 Å². The Balaban J connectivity index is 1.31. The maximum Gasteiger partial charge on any atom is 0.261 e. The average Bonchev–Trinajstić information content (AvgIpc) is 3.21. The van der Waals surface area contributed by atoms with Crippen molar-refractivity contribution in [3.63, 3.8) is 0 Å². The molecule has 2 aliphatic heterocycles. The van der Waals surface area contributed by atoms with Crippen LogP contribution in [0.3, 0.4) is 0 Å². The van der Waals surface area contributed by atoms with Crippen molar-refractivity contribution in [3.05, 3.63) is 94.6 Å². The van der Waals surface area contributed by atoms with Gasteiger partial charge in [-0.25, -0.2) is 17.2 Å². The van der Waals surface area contributed by atoms with E-state index in [1.807, 2.05) is 0 Å². The van der Waals surface area contributed by atoms with Crippen LogP contribution in [-0.4, -0.2) is 74.7 Å². The first-order chi connectivity index (χ1) is 20.0. The van der Waals surface area contributed by atoms with Crippen LogP contribution >= 0.6 is 0 Å². The fourth-order valence-electron chi connectivity index (χ4n) is 4.95. The molecule has 2 aliphatic rings. The lowest BCUT2D eigenvalue weighted by Gasteiger charge is -2.37. The summed E-state index contributed by atoms with van der Waals surface area (Å²) in [5.41, 5.74) is 0.957. The Morgan fingerprint density at radius 1 is 1.02 bits per heavy atom. The quantitative estimate of drug-likeness (QED) is 0.389. The Bertz CT molecular complexity index is 1670. The molecule has 3 aromatic rings. The molecular formula is C29H25F2N3O7S. The molecule has 0 radical (unpaired) electrons. The van der Waals surface area contributed by atoms with Crippen LogP contribution in [-0.2, 0) is 25.9 Å². The topological polar surface area (TPSA) is 137 Å². The molecule has 0 spiro atoms. The number of rotatable bonds is 8. The highest BCUT2D eigenvalue weighted by Gasteiger charge is 2.42. The number of amides is 2. The standard InChI is InChI=1S/C29H25F2N3O7S/c1-42(38,39)26-9-6-17(10-24(26)31)13-33(19-8-7-18(12-32)23(30)11-19)14-25(35)29-40-15-20(16-41-29)34-27(36)21-4-2-3-5-22(21)28(34)37/h2-11,20,25,29,35H,13-16H2,1H3/t20?,25-,29?/m0/s1. The smallest absolute Gasteiger partial charge is 0.261 e. The van der Waals surface area contributed by atoms with E-state index in [0.29, 0.717) is 5.56 Å². The van der Waals surface area contributed by atoms with E-state index < -0.39 is 56.6 Å². The lowest BCUT2D eigenvalue weighted by atomic mass is 10.1.